The van der Waals surface area contributed by atoms with E-state index in [0.29, 0.717) is 24.6 Å². The van der Waals surface area contributed by atoms with Crippen molar-refractivity contribution in [1.82, 2.24) is 10.2 Å². The molecule has 31 heavy (non-hydrogen) atoms. The van der Waals surface area contributed by atoms with E-state index in [-0.39, 0.29) is 18.0 Å². The number of nitrogens with zero attached hydrogens (tertiary/aromatic N) is 2. The second-order valence-corrected chi connectivity index (χ2v) is 8.73. The Morgan fingerprint density at radius 3 is 2.52 bits per heavy atom. The number of carbonyl (C=O) groups is 2. The van der Waals surface area contributed by atoms with Crippen LogP contribution in [0.1, 0.15) is 24.8 Å². The summed E-state index contributed by atoms with van der Waals surface area (Å²) in [6.07, 6.45) is 3.39. The van der Waals surface area contributed by atoms with Crippen LogP contribution in [0, 0.1) is 5.92 Å². The molecule has 6 nitrogen and oxygen atoms in total. The number of likely N-dealkylation sites (tertiary alicyclic amines) is 1. The lowest BCUT2D eigenvalue weighted by Gasteiger charge is -2.37. The summed E-state index contributed by atoms with van der Waals surface area (Å²) in [4.78, 5) is 28.8. The van der Waals surface area contributed by atoms with Crippen LogP contribution in [0.15, 0.2) is 48.5 Å². The number of ether oxygens (including phenoxy) is 1. The standard InChI is InChI=1S/C24H28ClN3O3/c1-31-21-7-8-22(25)18(14-21)13-17-9-11-27(12-10-17)16-19-15-23(29)28(24(30)26-19)20-5-3-2-4-6-20/h2-8,14,17,19H,9-13,15-16H2,1H3,(H,26,30). The minimum absolute atomic E-state index is 0.149. The Bertz CT molecular complexity index is 911. The van der Waals surface area contributed by atoms with Gasteiger partial charge in [-0.05, 0) is 74.2 Å². The predicted octanol–water partition coefficient (Wildman–Crippen LogP) is 4.12. The van der Waals surface area contributed by atoms with E-state index in [2.05, 4.69) is 10.2 Å². The van der Waals surface area contributed by atoms with E-state index in [1.54, 1.807) is 19.2 Å². The second-order valence-electron chi connectivity index (χ2n) is 8.32. The van der Waals surface area contributed by atoms with Gasteiger partial charge < -0.3 is 15.0 Å². The van der Waals surface area contributed by atoms with Crippen LogP contribution >= 0.6 is 11.6 Å². The minimum atomic E-state index is -0.338. The molecular weight excluding hydrogens is 414 g/mol. The lowest BCUT2D eigenvalue weighted by atomic mass is 9.89. The minimum Gasteiger partial charge on any atom is -0.497 e. The van der Waals surface area contributed by atoms with Gasteiger partial charge in [0.15, 0.2) is 0 Å². The molecule has 0 aromatic heterocycles. The third-order valence-corrected chi connectivity index (χ3v) is 6.53. The van der Waals surface area contributed by atoms with Gasteiger partial charge in [0.25, 0.3) is 0 Å². The predicted molar refractivity (Wildman–Crippen MR) is 122 cm³/mol. The molecule has 1 N–H and O–H groups in total. The van der Waals surface area contributed by atoms with Crippen LogP contribution in [-0.2, 0) is 11.2 Å². The first-order valence-corrected chi connectivity index (χ1v) is 11.1. The van der Waals surface area contributed by atoms with E-state index in [1.165, 1.54) is 4.90 Å². The van der Waals surface area contributed by atoms with Gasteiger partial charge in [-0.2, -0.15) is 0 Å². The Balaban J connectivity index is 1.28. The number of hydrogen-bond donors (Lipinski definition) is 1. The number of amides is 3. The largest absolute Gasteiger partial charge is 0.497 e. The Labute approximate surface area is 188 Å². The highest BCUT2D eigenvalue weighted by molar-refractivity contribution is 6.31. The zero-order chi connectivity index (χ0) is 21.8. The summed E-state index contributed by atoms with van der Waals surface area (Å²) in [5.41, 5.74) is 1.74. The molecule has 2 aliphatic heterocycles. The quantitative estimate of drug-likeness (QED) is 0.732. The molecular formula is C24H28ClN3O3. The molecule has 1 unspecified atom stereocenters. The average molecular weight is 442 g/mol. The highest BCUT2D eigenvalue weighted by atomic mass is 35.5. The van der Waals surface area contributed by atoms with E-state index in [0.717, 1.165) is 48.7 Å². The van der Waals surface area contributed by atoms with Crippen molar-refractivity contribution in [1.29, 1.82) is 0 Å². The molecule has 2 fully saturated rings. The monoisotopic (exact) mass is 441 g/mol. The third-order valence-electron chi connectivity index (χ3n) is 6.16. The first kappa shape index (κ1) is 21.7. The lowest BCUT2D eigenvalue weighted by molar-refractivity contribution is -0.119. The van der Waals surface area contributed by atoms with Crippen LogP contribution in [0.5, 0.6) is 5.75 Å². The van der Waals surface area contributed by atoms with Gasteiger partial charge in [-0.15, -0.1) is 0 Å². The molecule has 3 amide bonds. The number of para-hydroxylation sites is 1. The van der Waals surface area contributed by atoms with Crippen molar-refractivity contribution in [3.8, 4) is 5.75 Å². The van der Waals surface area contributed by atoms with Crippen LogP contribution in [0.3, 0.4) is 0 Å². The molecule has 0 spiro atoms. The fourth-order valence-electron chi connectivity index (χ4n) is 4.48. The van der Waals surface area contributed by atoms with Gasteiger partial charge in [0.05, 0.1) is 18.8 Å². The van der Waals surface area contributed by atoms with Crippen LogP contribution in [0.4, 0.5) is 10.5 Å². The number of nitrogens with one attached hydrogen (secondary N) is 1. The van der Waals surface area contributed by atoms with Crippen molar-refractivity contribution in [2.75, 3.05) is 31.6 Å². The number of imide groups is 1. The number of urea groups is 1. The zero-order valence-electron chi connectivity index (χ0n) is 17.7. The molecule has 1 atom stereocenters. The number of piperidine rings is 1. The van der Waals surface area contributed by atoms with Crippen molar-refractivity contribution in [3.63, 3.8) is 0 Å². The number of rotatable bonds is 6. The number of benzene rings is 2. The molecule has 0 radical (unpaired) electrons. The van der Waals surface area contributed by atoms with Crippen molar-refractivity contribution in [2.45, 2.75) is 31.7 Å². The van der Waals surface area contributed by atoms with Crippen LogP contribution in [-0.4, -0.2) is 49.6 Å². The van der Waals surface area contributed by atoms with Crippen molar-refractivity contribution in [3.05, 3.63) is 59.1 Å². The van der Waals surface area contributed by atoms with E-state index < -0.39 is 0 Å². The molecule has 2 aliphatic rings. The maximum Gasteiger partial charge on any atom is 0.329 e. The maximum atomic E-state index is 12.6. The topological polar surface area (TPSA) is 61.9 Å². The number of hydrogen-bond acceptors (Lipinski definition) is 4. The number of halogens is 1. The molecule has 2 saturated heterocycles. The molecule has 7 heteroatoms. The zero-order valence-corrected chi connectivity index (χ0v) is 18.5. The first-order valence-electron chi connectivity index (χ1n) is 10.8. The normalized spacial score (nSPS) is 20.6. The second kappa shape index (κ2) is 9.71. The molecule has 0 aliphatic carbocycles. The smallest absolute Gasteiger partial charge is 0.329 e. The van der Waals surface area contributed by atoms with Gasteiger partial charge in [-0.1, -0.05) is 29.8 Å². The van der Waals surface area contributed by atoms with E-state index >= 15 is 0 Å². The average Bonchev–Trinajstić information content (AvgIpc) is 2.77. The summed E-state index contributed by atoms with van der Waals surface area (Å²) in [5.74, 6) is 1.25. The van der Waals surface area contributed by atoms with Gasteiger partial charge in [0, 0.05) is 18.0 Å². The number of methoxy groups -OCH3 is 1. The molecule has 0 bridgehead atoms. The summed E-state index contributed by atoms with van der Waals surface area (Å²) in [6, 6.07) is 14.4. The van der Waals surface area contributed by atoms with Gasteiger partial charge in [0.1, 0.15) is 5.75 Å². The molecule has 2 heterocycles. The maximum absolute atomic E-state index is 12.6. The first-order chi connectivity index (χ1) is 15.0. The van der Waals surface area contributed by atoms with Crippen molar-refractivity contribution >= 4 is 29.2 Å². The summed E-state index contributed by atoms with van der Waals surface area (Å²) in [6.45, 7) is 2.61. The van der Waals surface area contributed by atoms with E-state index in [9.17, 15) is 9.59 Å². The Kier molecular flexibility index (Phi) is 6.78. The molecule has 4 rings (SSSR count). The van der Waals surface area contributed by atoms with Gasteiger partial charge in [-0.3, -0.25) is 4.79 Å². The van der Waals surface area contributed by atoms with Crippen LogP contribution < -0.4 is 15.0 Å². The van der Waals surface area contributed by atoms with Gasteiger partial charge in [0.2, 0.25) is 5.91 Å². The summed E-state index contributed by atoms with van der Waals surface area (Å²) in [5, 5.41) is 3.79. The van der Waals surface area contributed by atoms with E-state index in [1.807, 2.05) is 36.4 Å². The molecule has 164 valence electrons. The summed E-state index contributed by atoms with van der Waals surface area (Å²) < 4.78 is 5.32. The van der Waals surface area contributed by atoms with E-state index in [4.69, 9.17) is 16.3 Å². The third kappa shape index (κ3) is 5.20. The number of carbonyl (C=O) groups excluding carboxylic acids is 2. The number of anilines is 1. The van der Waals surface area contributed by atoms with Gasteiger partial charge in [-0.25, -0.2) is 9.69 Å². The lowest BCUT2D eigenvalue weighted by Crippen LogP contribution is -2.58. The Morgan fingerprint density at radius 2 is 1.84 bits per heavy atom. The Hall–Kier alpha value is -2.57. The van der Waals surface area contributed by atoms with Crippen LogP contribution in [0.2, 0.25) is 5.02 Å². The summed E-state index contributed by atoms with van der Waals surface area (Å²) in [7, 11) is 1.67. The Morgan fingerprint density at radius 1 is 1.10 bits per heavy atom. The van der Waals surface area contributed by atoms with Crippen molar-refractivity contribution < 1.29 is 14.3 Å². The summed E-state index contributed by atoms with van der Waals surface area (Å²) >= 11 is 6.37. The molecule has 2 aromatic carbocycles. The fraction of sp³-hybridized carbons (Fsp3) is 0.417. The van der Waals surface area contributed by atoms with Crippen LogP contribution in [0.25, 0.3) is 0 Å². The molecule has 0 saturated carbocycles. The SMILES string of the molecule is COc1ccc(Cl)c(CC2CCN(CC3CC(=O)N(c4ccccc4)C(=O)N3)CC2)c1. The highest BCUT2D eigenvalue weighted by Gasteiger charge is 2.34. The van der Waals surface area contributed by atoms with Gasteiger partial charge >= 0.3 is 6.03 Å². The highest BCUT2D eigenvalue weighted by Crippen LogP contribution is 2.29. The fourth-order valence-corrected chi connectivity index (χ4v) is 4.68. The molecule has 2 aromatic rings. The van der Waals surface area contributed by atoms with Crippen molar-refractivity contribution in [2.24, 2.45) is 5.92 Å².